The second-order valence-electron chi connectivity index (χ2n) is 3.95. The first kappa shape index (κ1) is 9.97. The van der Waals surface area contributed by atoms with Crippen LogP contribution in [0.3, 0.4) is 0 Å². The maximum absolute atomic E-state index is 13.4. The van der Waals surface area contributed by atoms with Gasteiger partial charge in [0, 0.05) is 0 Å². The molecule has 2 heteroatoms. The van der Waals surface area contributed by atoms with Gasteiger partial charge in [-0.15, -0.1) is 0 Å². The third kappa shape index (κ3) is 1.63. The Bertz CT molecular complexity index is 144. The molecule has 72 valence electrons. The first-order valence-electron chi connectivity index (χ1n) is 4.87. The minimum Gasteiger partial charge on any atom is -0.372 e. The van der Waals surface area contributed by atoms with Gasteiger partial charge in [0.15, 0.2) is 0 Å². The quantitative estimate of drug-likeness (QED) is 0.592. The molecule has 1 rings (SSSR count). The van der Waals surface area contributed by atoms with Gasteiger partial charge in [-0.05, 0) is 25.2 Å². The molecule has 5 atom stereocenters. The third-order valence-electron chi connectivity index (χ3n) is 3.16. The Kier molecular flexibility index (Phi) is 3.10. The molecule has 1 saturated heterocycles. The molecule has 1 heterocycles. The smallest absolute Gasteiger partial charge is 0.129 e. The molecule has 0 amide bonds. The summed E-state index contributed by atoms with van der Waals surface area (Å²) in [6.07, 6.45) is 0.230. The molecule has 1 aliphatic heterocycles. The molecule has 0 aromatic carbocycles. The molecule has 12 heavy (non-hydrogen) atoms. The second-order valence-corrected chi connectivity index (χ2v) is 3.95. The first-order valence-corrected chi connectivity index (χ1v) is 4.87. The summed E-state index contributed by atoms with van der Waals surface area (Å²) in [5.41, 5.74) is 0. The summed E-state index contributed by atoms with van der Waals surface area (Å²) in [4.78, 5) is 0. The Labute approximate surface area is 74.3 Å². The fraction of sp³-hybridized carbons (Fsp3) is 1.00. The van der Waals surface area contributed by atoms with Gasteiger partial charge in [0.2, 0.25) is 0 Å². The predicted octanol–water partition coefficient (Wildman–Crippen LogP) is 2.79. The van der Waals surface area contributed by atoms with Crippen LogP contribution in [0, 0.1) is 11.8 Å². The molecule has 0 radical (unpaired) electrons. The highest BCUT2D eigenvalue weighted by molar-refractivity contribution is 4.85. The van der Waals surface area contributed by atoms with E-state index < -0.39 is 6.17 Å². The van der Waals surface area contributed by atoms with Crippen molar-refractivity contribution in [1.29, 1.82) is 0 Å². The number of hydrogen-bond donors (Lipinski definition) is 0. The van der Waals surface area contributed by atoms with Crippen LogP contribution < -0.4 is 0 Å². The zero-order valence-corrected chi connectivity index (χ0v) is 8.38. The molecule has 0 spiro atoms. The van der Waals surface area contributed by atoms with Crippen LogP contribution in [0.5, 0.6) is 0 Å². The highest BCUT2D eigenvalue weighted by Crippen LogP contribution is 2.33. The fourth-order valence-corrected chi connectivity index (χ4v) is 2.00. The summed E-state index contributed by atoms with van der Waals surface area (Å²) >= 11 is 0. The normalized spacial score (nSPS) is 49.2. The van der Waals surface area contributed by atoms with Gasteiger partial charge in [0.1, 0.15) is 6.17 Å². The van der Waals surface area contributed by atoms with Crippen LogP contribution in [0.1, 0.15) is 34.1 Å². The molecule has 0 N–H and O–H groups in total. The molecule has 0 aliphatic carbocycles. The maximum atomic E-state index is 13.4. The minimum absolute atomic E-state index is 0.138. The molecular weight excluding hydrogens is 154 g/mol. The Morgan fingerprint density at radius 3 is 2.25 bits per heavy atom. The van der Waals surface area contributed by atoms with E-state index in [0.717, 1.165) is 6.42 Å². The summed E-state index contributed by atoms with van der Waals surface area (Å²) in [5.74, 6) is 0.486. The first-order chi connectivity index (χ1) is 5.57. The van der Waals surface area contributed by atoms with Crippen LogP contribution in [0.4, 0.5) is 4.39 Å². The maximum Gasteiger partial charge on any atom is 0.129 e. The highest BCUT2D eigenvalue weighted by Gasteiger charge is 2.38. The van der Waals surface area contributed by atoms with Crippen LogP contribution in [0.2, 0.25) is 0 Å². The predicted molar refractivity (Wildman–Crippen MR) is 47.9 cm³/mol. The molecule has 0 unspecified atom stereocenters. The van der Waals surface area contributed by atoms with Crippen molar-refractivity contribution in [3.05, 3.63) is 0 Å². The Hall–Kier alpha value is -0.110. The van der Waals surface area contributed by atoms with E-state index in [1.807, 2.05) is 13.8 Å². The van der Waals surface area contributed by atoms with Crippen molar-refractivity contribution in [2.75, 3.05) is 0 Å². The third-order valence-corrected chi connectivity index (χ3v) is 3.16. The van der Waals surface area contributed by atoms with Crippen molar-refractivity contribution < 1.29 is 9.13 Å². The summed E-state index contributed by atoms with van der Waals surface area (Å²) in [7, 11) is 0. The molecule has 0 saturated carbocycles. The van der Waals surface area contributed by atoms with Gasteiger partial charge >= 0.3 is 0 Å². The summed E-state index contributed by atoms with van der Waals surface area (Å²) in [6.45, 7) is 7.99. The van der Waals surface area contributed by atoms with Crippen molar-refractivity contribution in [2.24, 2.45) is 11.8 Å². The van der Waals surface area contributed by atoms with Crippen LogP contribution in [0.15, 0.2) is 0 Å². The van der Waals surface area contributed by atoms with E-state index in [0.29, 0.717) is 5.92 Å². The monoisotopic (exact) mass is 173 g/mol. The number of ether oxygens (including phenoxy) is 1. The van der Waals surface area contributed by atoms with Crippen molar-refractivity contribution in [3.8, 4) is 0 Å². The van der Waals surface area contributed by atoms with Gasteiger partial charge in [0.05, 0.1) is 12.2 Å². The lowest BCUT2D eigenvalue weighted by Gasteiger charge is -2.40. The zero-order valence-electron chi connectivity index (χ0n) is 8.38. The van der Waals surface area contributed by atoms with E-state index in [2.05, 4.69) is 13.8 Å². The van der Waals surface area contributed by atoms with E-state index in [1.54, 1.807) is 0 Å². The molecule has 0 bridgehead atoms. The van der Waals surface area contributed by atoms with E-state index in [1.165, 1.54) is 0 Å². The summed E-state index contributed by atoms with van der Waals surface area (Å²) < 4.78 is 19.0. The molecular formula is C10H19FO. The van der Waals surface area contributed by atoms with Gasteiger partial charge in [-0.3, -0.25) is 0 Å². The largest absolute Gasteiger partial charge is 0.372 e. The lowest BCUT2D eigenvalue weighted by molar-refractivity contribution is -0.137. The minimum atomic E-state index is -0.789. The number of hydrogen-bond acceptors (Lipinski definition) is 1. The van der Waals surface area contributed by atoms with Gasteiger partial charge in [-0.2, -0.15) is 0 Å². The fourth-order valence-electron chi connectivity index (χ4n) is 2.00. The van der Waals surface area contributed by atoms with E-state index in [4.69, 9.17) is 4.74 Å². The van der Waals surface area contributed by atoms with Crippen molar-refractivity contribution in [3.63, 3.8) is 0 Å². The SMILES string of the molecule is CC[C@H]1O[C@@H](C)[C@H]([18F])[C@@H](C)[C@@H]1C. The number of halogens is 1. The zero-order chi connectivity index (χ0) is 9.30. The Balaban J connectivity index is 2.63. The van der Waals surface area contributed by atoms with Crippen molar-refractivity contribution in [2.45, 2.75) is 52.5 Å². The molecule has 0 aromatic heterocycles. The average molecular weight is 173 g/mol. The van der Waals surface area contributed by atoms with E-state index in [9.17, 15) is 4.39 Å². The van der Waals surface area contributed by atoms with Gasteiger partial charge < -0.3 is 4.74 Å². The molecule has 0 aromatic rings. The molecule has 1 fully saturated rings. The standard InChI is InChI=1S/C10H19FO/c1-5-9-6(2)7(3)10(11)8(4)12-9/h6-10H,5H2,1-4H3/t6-,7-,8-,9+,10+/m0/s1/i11-1. The van der Waals surface area contributed by atoms with E-state index >= 15 is 0 Å². The summed E-state index contributed by atoms with van der Waals surface area (Å²) in [5, 5.41) is 0. The van der Waals surface area contributed by atoms with Crippen molar-refractivity contribution in [1.82, 2.24) is 0 Å². The van der Waals surface area contributed by atoms with Crippen LogP contribution >= 0.6 is 0 Å². The van der Waals surface area contributed by atoms with Crippen LogP contribution in [-0.4, -0.2) is 18.4 Å². The highest BCUT2D eigenvalue weighted by atomic mass is 18.2. The lowest BCUT2D eigenvalue weighted by atomic mass is 9.81. The lowest BCUT2D eigenvalue weighted by Crippen LogP contribution is -2.45. The Morgan fingerprint density at radius 1 is 1.17 bits per heavy atom. The second kappa shape index (κ2) is 3.73. The topological polar surface area (TPSA) is 9.23 Å². The van der Waals surface area contributed by atoms with Crippen LogP contribution in [-0.2, 0) is 4.74 Å². The average Bonchev–Trinajstić information content (AvgIpc) is 2.08. The van der Waals surface area contributed by atoms with Gasteiger partial charge in [-0.1, -0.05) is 20.8 Å². The molecule has 1 aliphatic rings. The summed E-state index contributed by atoms with van der Waals surface area (Å²) in [6, 6.07) is 0. The van der Waals surface area contributed by atoms with Crippen molar-refractivity contribution >= 4 is 0 Å². The molecule has 1 nitrogen and oxygen atoms in total. The van der Waals surface area contributed by atoms with Gasteiger partial charge in [-0.25, -0.2) is 4.39 Å². The number of rotatable bonds is 1. The van der Waals surface area contributed by atoms with Gasteiger partial charge in [0.25, 0.3) is 0 Å². The Morgan fingerprint density at radius 2 is 1.75 bits per heavy atom. The number of alkyl halides is 1. The van der Waals surface area contributed by atoms with Crippen LogP contribution in [0.25, 0.3) is 0 Å². The van der Waals surface area contributed by atoms with E-state index in [-0.39, 0.29) is 18.1 Å².